The van der Waals surface area contributed by atoms with Crippen LogP contribution in [0.2, 0.25) is 0 Å². The first-order valence-corrected chi connectivity index (χ1v) is 12.9. The van der Waals surface area contributed by atoms with E-state index in [0.29, 0.717) is 52.0 Å². The number of amidine groups is 1. The van der Waals surface area contributed by atoms with Crippen molar-refractivity contribution in [1.29, 1.82) is 0 Å². The number of carbonyl (C=O) groups excluding carboxylic acids is 2. The summed E-state index contributed by atoms with van der Waals surface area (Å²) < 4.78 is 0. The van der Waals surface area contributed by atoms with Gasteiger partial charge in [-0.1, -0.05) is 62.4 Å². The molecule has 0 radical (unpaired) electrons. The molecule has 1 aromatic rings. The summed E-state index contributed by atoms with van der Waals surface area (Å²) in [5, 5.41) is 9.47. The van der Waals surface area contributed by atoms with Crippen LogP contribution in [0.3, 0.4) is 0 Å². The van der Waals surface area contributed by atoms with Crippen LogP contribution < -0.4 is 21.7 Å². The van der Waals surface area contributed by atoms with Crippen LogP contribution in [-0.2, 0) is 16.1 Å². The van der Waals surface area contributed by atoms with Crippen LogP contribution in [-0.4, -0.2) is 66.9 Å². The van der Waals surface area contributed by atoms with Gasteiger partial charge in [-0.05, 0) is 45.2 Å². The molecular formula is C28H46N6O2. The minimum absolute atomic E-state index is 0.0994. The van der Waals surface area contributed by atoms with Crippen molar-refractivity contribution in [3.63, 3.8) is 0 Å². The highest BCUT2D eigenvalue weighted by Gasteiger charge is 2.32. The first-order valence-electron chi connectivity index (χ1n) is 12.9. The number of allylic oxidation sites excluding steroid dienone is 1. The zero-order valence-corrected chi connectivity index (χ0v) is 22.6. The van der Waals surface area contributed by atoms with Crippen molar-refractivity contribution >= 4 is 17.6 Å². The molecule has 36 heavy (non-hydrogen) atoms. The number of nitrogens with two attached hydrogens (primary N) is 1. The molecule has 0 heterocycles. The molecule has 0 aliphatic heterocycles. The highest BCUT2D eigenvalue weighted by Crippen LogP contribution is 2.16. The Morgan fingerprint density at radius 3 is 2.56 bits per heavy atom. The molecule has 200 valence electrons. The van der Waals surface area contributed by atoms with E-state index in [2.05, 4.69) is 45.6 Å². The van der Waals surface area contributed by atoms with Crippen molar-refractivity contribution < 1.29 is 9.59 Å². The van der Waals surface area contributed by atoms with Gasteiger partial charge in [-0.2, -0.15) is 0 Å². The smallest absolute Gasteiger partial charge is 0.237 e. The van der Waals surface area contributed by atoms with Crippen LogP contribution in [0.1, 0.15) is 52.5 Å². The molecule has 1 aromatic carbocycles. The lowest BCUT2D eigenvalue weighted by atomic mass is 9.89. The normalized spacial score (nSPS) is 14.3. The quantitative estimate of drug-likeness (QED) is 0.108. The molecule has 2 atom stereocenters. The number of amides is 2. The van der Waals surface area contributed by atoms with Gasteiger partial charge in [0.1, 0.15) is 5.84 Å². The van der Waals surface area contributed by atoms with Crippen molar-refractivity contribution in [1.82, 2.24) is 20.9 Å². The summed E-state index contributed by atoms with van der Waals surface area (Å²) in [5.74, 6) is 0.431. The summed E-state index contributed by atoms with van der Waals surface area (Å²) in [7, 11) is 0. The van der Waals surface area contributed by atoms with E-state index >= 15 is 0 Å². The Balaban J connectivity index is 2.72. The highest BCUT2D eigenvalue weighted by molar-refractivity contribution is 5.88. The zero-order chi connectivity index (χ0) is 26.8. The van der Waals surface area contributed by atoms with Gasteiger partial charge in [-0.25, -0.2) is 0 Å². The fourth-order valence-electron chi connectivity index (χ4n) is 4.08. The zero-order valence-electron chi connectivity index (χ0n) is 22.6. The number of likely N-dealkylation sites (N-methyl/N-ethyl adjacent to an activating group) is 1. The number of rotatable bonds is 18. The summed E-state index contributed by atoms with van der Waals surface area (Å²) >= 11 is 0. The molecule has 0 spiro atoms. The lowest BCUT2D eigenvalue weighted by Gasteiger charge is -2.30. The Labute approximate surface area is 217 Å². The maximum Gasteiger partial charge on any atom is 0.237 e. The summed E-state index contributed by atoms with van der Waals surface area (Å²) in [4.78, 5) is 31.4. The van der Waals surface area contributed by atoms with E-state index in [0.717, 1.165) is 5.84 Å². The highest BCUT2D eigenvalue weighted by atomic mass is 16.2. The van der Waals surface area contributed by atoms with E-state index < -0.39 is 5.54 Å². The summed E-state index contributed by atoms with van der Waals surface area (Å²) in [6.45, 7) is 14.9. The van der Waals surface area contributed by atoms with Gasteiger partial charge < -0.3 is 21.3 Å². The van der Waals surface area contributed by atoms with E-state index in [1.54, 1.807) is 6.08 Å². The van der Waals surface area contributed by atoms with Crippen LogP contribution in [0.5, 0.6) is 0 Å². The molecule has 0 fully saturated rings. The topological polar surface area (TPSA) is 112 Å². The molecule has 0 aromatic heterocycles. The standard InChI is InChI=1S/C28H46N6O2/c1-6-10-20-34(22-24-15-12-11-13-16-24)26(31-18-7-2)23(5)32-21-25(35)30-19-14-17-28(8-3,27(29)36)33-9-4/h6-7,10-13,15-16,23,32-33H,2,8-9,14,17-22H2,1,3-5H3,(H2,29,36)(H,30,35)/b10-6-,31-26?. The molecule has 1 rings (SSSR count). The molecule has 8 heteroatoms. The Bertz CT molecular complexity index is 855. The van der Waals surface area contributed by atoms with Crippen molar-refractivity contribution in [2.45, 2.75) is 65.1 Å². The van der Waals surface area contributed by atoms with Gasteiger partial charge in [0.25, 0.3) is 0 Å². The van der Waals surface area contributed by atoms with Gasteiger partial charge in [0.15, 0.2) is 0 Å². The maximum atomic E-state index is 12.5. The van der Waals surface area contributed by atoms with Gasteiger partial charge in [0.2, 0.25) is 11.8 Å². The third kappa shape index (κ3) is 10.7. The summed E-state index contributed by atoms with van der Waals surface area (Å²) in [6.07, 6.45) is 7.74. The predicted octanol–water partition coefficient (Wildman–Crippen LogP) is 2.77. The van der Waals surface area contributed by atoms with E-state index in [1.807, 2.05) is 52.0 Å². The third-order valence-electron chi connectivity index (χ3n) is 6.13. The minimum atomic E-state index is -0.724. The van der Waals surface area contributed by atoms with Crippen molar-refractivity contribution in [3.05, 3.63) is 60.7 Å². The number of hydrogen-bond donors (Lipinski definition) is 4. The second-order valence-electron chi connectivity index (χ2n) is 8.81. The Hall–Kier alpha value is -2.97. The van der Waals surface area contributed by atoms with Crippen LogP contribution in [0.15, 0.2) is 60.1 Å². The van der Waals surface area contributed by atoms with Gasteiger partial charge in [-0.15, -0.1) is 6.58 Å². The van der Waals surface area contributed by atoms with Gasteiger partial charge in [-0.3, -0.25) is 19.9 Å². The van der Waals surface area contributed by atoms with Gasteiger partial charge in [0, 0.05) is 19.6 Å². The molecule has 0 aliphatic rings. The molecular weight excluding hydrogens is 452 g/mol. The van der Waals surface area contributed by atoms with Crippen molar-refractivity contribution in [2.24, 2.45) is 10.7 Å². The first kappa shape index (κ1) is 31.1. The minimum Gasteiger partial charge on any atom is -0.368 e. The second-order valence-corrected chi connectivity index (χ2v) is 8.81. The lowest BCUT2D eigenvalue weighted by Crippen LogP contribution is -2.55. The summed E-state index contributed by atoms with van der Waals surface area (Å²) in [5.41, 5.74) is 6.10. The number of benzene rings is 1. The number of nitrogens with one attached hydrogen (secondary N) is 3. The number of nitrogens with zero attached hydrogens (tertiary/aromatic N) is 2. The SMILES string of the molecule is C=CCN=C(C(C)NCC(=O)NCCCC(CC)(NCC)C(N)=O)N(C/C=C\C)Cc1ccccc1. The Morgan fingerprint density at radius 1 is 1.25 bits per heavy atom. The Morgan fingerprint density at radius 2 is 1.97 bits per heavy atom. The van der Waals surface area contributed by atoms with E-state index in [-0.39, 0.29) is 24.4 Å². The average Bonchev–Trinajstić information content (AvgIpc) is 2.88. The third-order valence-corrected chi connectivity index (χ3v) is 6.13. The monoisotopic (exact) mass is 498 g/mol. The largest absolute Gasteiger partial charge is 0.368 e. The molecule has 2 unspecified atom stereocenters. The fraction of sp³-hybridized carbons (Fsp3) is 0.536. The molecule has 0 aliphatic carbocycles. The van der Waals surface area contributed by atoms with Gasteiger partial charge >= 0.3 is 0 Å². The predicted molar refractivity (Wildman–Crippen MR) is 150 cm³/mol. The van der Waals surface area contributed by atoms with Crippen molar-refractivity contribution in [2.75, 3.05) is 32.7 Å². The van der Waals surface area contributed by atoms with Crippen LogP contribution in [0.4, 0.5) is 0 Å². The molecule has 8 nitrogen and oxygen atoms in total. The number of primary amides is 1. The van der Waals surface area contributed by atoms with E-state index in [1.165, 1.54) is 5.56 Å². The second kappa shape index (κ2) is 17.5. The average molecular weight is 499 g/mol. The van der Waals surface area contributed by atoms with Gasteiger partial charge in [0.05, 0.1) is 24.7 Å². The van der Waals surface area contributed by atoms with E-state index in [4.69, 9.17) is 10.7 Å². The first-order chi connectivity index (χ1) is 17.3. The molecule has 0 saturated heterocycles. The van der Waals surface area contributed by atoms with Crippen LogP contribution in [0.25, 0.3) is 0 Å². The summed E-state index contributed by atoms with van der Waals surface area (Å²) in [6, 6.07) is 10.1. The number of carbonyl (C=O) groups is 2. The maximum absolute atomic E-state index is 12.5. The lowest BCUT2D eigenvalue weighted by molar-refractivity contribution is -0.124. The molecule has 0 saturated carbocycles. The number of aliphatic imine (C=N–C) groups is 1. The van der Waals surface area contributed by atoms with Crippen LogP contribution >= 0.6 is 0 Å². The Kier molecular flexibility index (Phi) is 15.1. The fourth-order valence-corrected chi connectivity index (χ4v) is 4.08. The molecule has 5 N–H and O–H groups in total. The molecule has 2 amide bonds. The van der Waals surface area contributed by atoms with E-state index in [9.17, 15) is 9.59 Å². The van der Waals surface area contributed by atoms with Crippen molar-refractivity contribution in [3.8, 4) is 0 Å². The van der Waals surface area contributed by atoms with Crippen LogP contribution in [0, 0.1) is 0 Å². The molecule has 0 bridgehead atoms. The number of hydrogen-bond acceptors (Lipinski definition) is 5.